The lowest BCUT2D eigenvalue weighted by molar-refractivity contribution is -0.138. The molecule has 1 aromatic rings. The molecule has 1 saturated heterocycles. The smallest absolute Gasteiger partial charge is 0.246 e. The minimum absolute atomic E-state index is 0.0441. The van der Waals surface area contributed by atoms with Crippen molar-refractivity contribution in [2.24, 2.45) is 0 Å². The van der Waals surface area contributed by atoms with Crippen LogP contribution in [0.15, 0.2) is 30.3 Å². The normalized spacial score (nSPS) is 18.9. The number of nitrogens with zero attached hydrogens (tertiary/aromatic N) is 1. The van der Waals surface area contributed by atoms with Crippen LogP contribution in [-0.4, -0.2) is 35.8 Å². The number of hydrogen-bond acceptors (Lipinski definition) is 3. The van der Waals surface area contributed by atoms with Crippen molar-refractivity contribution in [3.05, 3.63) is 35.9 Å². The maximum Gasteiger partial charge on any atom is 0.246 e. The second kappa shape index (κ2) is 7.20. The lowest BCUT2D eigenvalue weighted by Gasteiger charge is -2.14. The van der Waals surface area contributed by atoms with Crippen LogP contribution >= 0.6 is 0 Å². The summed E-state index contributed by atoms with van der Waals surface area (Å²) in [6.07, 6.45) is 3.08. The predicted molar refractivity (Wildman–Crippen MR) is 78.2 cm³/mol. The molecule has 0 aromatic heterocycles. The zero-order valence-corrected chi connectivity index (χ0v) is 12.0. The second-order valence-corrected chi connectivity index (χ2v) is 5.18. The molecule has 0 spiro atoms. The van der Waals surface area contributed by atoms with Gasteiger partial charge in [0.25, 0.3) is 0 Å². The van der Waals surface area contributed by atoms with E-state index in [0.29, 0.717) is 13.0 Å². The molecular weight excluding hydrogens is 252 g/mol. The van der Waals surface area contributed by atoms with Gasteiger partial charge in [-0.25, -0.2) is 0 Å². The Morgan fingerprint density at radius 3 is 2.70 bits per heavy atom. The van der Waals surface area contributed by atoms with Gasteiger partial charge in [-0.15, -0.1) is 0 Å². The van der Waals surface area contributed by atoms with Crippen LogP contribution in [-0.2, 0) is 16.0 Å². The molecule has 1 N–H and O–H groups in total. The molecule has 4 nitrogen and oxygen atoms in total. The zero-order valence-electron chi connectivity index (χ0n) is 12.0. The first-order valence-electron chi connectivity index (χ1n) is 7.34. The first-order chi connectivity index (χ1) is 9.72. The number of hydrogen-bond donors (Lipinski definition) is 1. The lowest BCUT2D eigenvalue weighted by Crippen LogP contribution is -2.39. The molecule has 108 valence electrons. The molecule has 2 rings (SSSR count). The molecule has 0 radical (unpaired) electrons. The summed E-state index contributed by atoms with van der Waals surface area (Å²) in [6, 6.07) is 9.97. The monoisotopic (exact) mass is 274 g/mol. The molecular formula is C16H22N2O2. The number of amides is 2. The molecule has 1 aliphatic rings. The highest BCUT2D eigenvalue weighted by atomic mass is 16.2. The summed E-state index contributed by atoms with van der Waals surface area (Å²) >= 11 is 0. The molecule has 0 aliphatic carbocycles. The van der Waals surface area contributed by atoms with Gasteiger partial charge in [-0.1, -0.05) is 37.3 Å². The summed E-state index contributed by atoms with van der Waals surface area (Å²) in [5.74, 6) is -0.103. The third kappa shape index (κ3) is 3.67. The Hall–Kier alpha value is -1.68. The summed E-state index contributed by atoms with van der Waals surface area (Å²) in [5.41, 5.74) is 1.30. The van der Waals surface area contributed by atoms with Crippen molar-refractivity contribution in [2.45, 2.75) is 38.6 Å². The number of likely N-dealkylation sites (tertiary alicyclic amines) is 1. The highest BCUT2D eigenvalue weighted by molar-refractivity contribution is 6.05. The van der Waals surface area contributed by atoms with Crippen molar-refractivity contribution in [1.82, 2.24) is 10.2 Å². The lowest BCUT2D eigenvalue weighted by atomic mass is 10.1. The molecule has 1 fully saturated rings. The third-order valence-electron chi connectivity index (χ3n) is 3.57. The number of carbonyl (C=O) groups is 2. The van der Waals surface area contributed by atoms with E-state index in [1.54, 1.807) is 0 Å². The van der Waals surface area contributed by atoms with Crippen LogP contribution in [0, 0.1) is 0 Å². The summed E-state index contributed by atoms with van der Waals surface area (Å²) < 4.78 is 0. The van der Waals surface area contributed by atoms with Crippen LogP contribution in [0.4, 0.5) is 0 Å². The minimum atomic E-state index is -0.315. The first-order valence-corrected chi connectivity index (χ1v) is 7.34. The SMILES string of the molecule is CCCN1C(=O)CC(NCCCc2ccccc2)C1=O. The van der Waals surface area contributed by atoms with Crippen LogP contribution < -0.4 is 5.32 Å². The maximum atomic E-state index is 12.0. The Kier molecular flexibility index (Phi) is 5.30. The van der Waals surface area contributed by atoms with E-state index >= 15 is 0 Å². The summed E-state index contributed by atoms with van der Waals surface area (Å²) in [4.78, 5) is 25.1. The highest BCUT2D eigenvalue weighted by Crippen LogP contribution is 2.13. The average molecular weight is 274 g/mol. The van der Waals surface area contributed by atoms with E-state index < -0.39 is 0 Å². The number of nitrogens with one attached hydrogen (secondary N) is 1. The van der Waals surface area contributed by atoms with Crippen molar-refractivity contribution in [3.63, 3.8) is 0 Å². The number of carbonyl (C=O) groups excluding carboxylic acids is 2. The Bertz CT molecular complexity index is 459. The van der Waals surface area contributed by atoms with Gasteiger partial charge < -0.3 is 5.32 Å². The van der Waals surface area contributed by atoms with E-state index in [9.17, 15) is 9.59 Å². The van der Waals surface area contributed by atoms with Crippen LogP contribution in [0.5, 0.6) is 0 Å². The predicted octanol–water partition coefficient (Wildman–Crippen LogP) is 1.75. The Labute approximate surface area is 120 Å². The van der Waals surface area contributed by atoms with E-state index in [2.05, 4.69) is 17.4 Å². The van der Waals surface area contributed by atoms with Gasteiger partial charge in [-0.05, 0) is 31.4 Å². The molecule has 1 aromatic carbocycles. The molecule has 1 aliphatic heterocycles. The van der Waals surface area contributed by atoms with E-state index in [0.717, 1.165) is 25.8 Å². The number of benzene rings is 1. The van der Waals surface area contributed by atoms with Crippen molar-refractivity contribution in [2.75, 3.05) is 13.1 Å². The fourth-order valence-corrected chi connectivity index (χ4v) is 2.51. The molecule has 1 unspecified atom stereocenters. The van der Waals surface area contributed by atoms with Crippen molar-refractivity contribution < 1.29 is 9.59 Å². The summed E-state index contributed by atoms with van der Waals surface area (Å²) in [5, 5.41) is 3.21. The van der Waals surface area contributed by atoms with Gasteiger partial charge in [0.1, 0.15) is 0 Å². The molecule has 1 heterocycles. The molecule has 0 bridgehead atoms. The highest BCUT2D eigenvalue weighted by Gasteiger charge is 2.37. The minimum Gasteiger partial charge on any atom is -0.305 e. The quantitative estimate of drug-likeness (QED) is 0.609. The maximum absolute atomic E-state index is 12.0. The largest absolute Gasteiger partial charge is 0.305 e. The van der Waals surface area contributed by atoms with E-state index in [1.165, 1.54) is 10.5 Å². The third-order valence-corrected chi connectivity index (χ3v) is 3.57. The van der Waals surface area contributed by atoms with Gasteiger partial charge in [0.2, 0.25) is 11.8 Å². The van der Waals surface area contributed by atoms with Gasteiger partial charge in [-0.3, -0.25) is 14.5 Å². The molecule has 0 saturated carbocycles. The fourth-order valence-electron chi connectivity index (χ4n) is 2.51. The molecule has 20 heavy (non-hydrogen) atoms. The van der Waals surface area contributed by atoms with Crippen LogP contribution in [0.25, 0.3) is 0 Å². The molecule has 1 atom stereocenters. The molecule has 2 amide bonds. The second-order valence-electron chi connectivity index (χ2n) is 5.18. The van der Waals surface area contributed by atoms with E-state index in [-0.39, 0.29) is 17.9 Å². The van der Waals surface area contributed by atoms with Crippen LogP contribution in [0.2, 0.25) is 0 Å². The Morgan fingerprint density at radius 2 is 2.00 bits per heavy atom. The van der Waals surface area contributed by atoms with Crippen molar-refractivity contribution in [1.29, 1.82) is 0 Å². The Balaban J connectivity index is 1.72. The van der Waals surface area contributed by atoms with Gasteiger partial charge in [0.15, 0.2) is 0 Å². The standard InChI is InChI=1S/C16H22N2O2/c1-2-11-18-15(19)12-14(16(18)20)17-10-6-9-13-7-4-3-5-8-13/h3-5,7-8,14,17H,2,6,9-12H2,1H3. The number of aryl methyl sites for hydroxylation is 1. The topological polar surface area (TPSA) is 49.4 Å². The number of imide groups is 1. The zero-order chi connectivity index (χ0) is 14.4. The van der Waals surface area contributed by atoms with Gasteiger partial charge >= 0.3 is 0 Å². The van der Waals surface area contributed by atoms with Gasteiger partial charge in [0, 0.05) is 6.54 Å². The van der Waals surface area contributed by atoms with Gasteiger partial charge in [-0.2, -0.15) is 0 Å². The Morgan fingerprint density at radius 1 is 1.25 bits per heavy atom. The molecule has 4 heteroatoms. The van der Waals surface area contributed by atoms with Crippen molar-refractivity contribution >= 4 is 11.8 Å². The van der Waals surface area contributed by atoms with Gasteiger partial charge in [0.05, 0.1) is 12.5 Å². The van der Waals surface area contributed by atoms with E-state index in [1.807, 2.05) is 25.1 Å². The average Bonchev–Trinajstić information content (AvgIpc) is 2.73. The van der Waals surface area contributed by atoms with Crippen LogP contribution in [0.1, 0.15) is 31.7 Å². The van der Waals surface area contributed by atoms with E-state index in [4.69, 9.17) is 0 Å². The summed E-state index contributed by atoms with van der Waals surface area (Å²) in [7, 11) is 0. The summed E-state index contributed by atoms with van der Waals surface area (Å²) in [6.45, 7) is 3.28. The van der Waals surface area contributed by atoms with Crippen LogP contribution in [0.3, 0.4) is 0 Å². The van der Waals surface area contributed by atoms with Crippen molar-refractivity contribution in [3.8, 4) is 0 Å². The fraction of sp³-hybridized carbons (Fsp3) is 0.500. The number of rotatable bonds is 7. The first kappa shape index (κ1) is 14.7.